The van der Waals surface area contributed by atoms with Crippen LogP contribution >= 0.6 is 0 Å². The summed E-state index contributed by atoms with van der Waals surface area (Å²) in [7, 11) is 3.31. The van der Waals surface area contributed by atoms with Crippen molar-refractivity contribution in [3.63, 3.8) is 0 Å². The standard InChI is InChI=1S/C17H23N5O3/c1-11-16(12(2)20(4)18-11)13-6-5-8-22(13)15(24)10-21-9-7-14(23)19(3)17(21)25/h7,9,13H,5-6,8,10H2,1-4H3/t13-/m0/s1. The van der Waals surface area contributed by atoms with E-state index in [1.165, 1.54) is 23.9 Å². The average molecular weight is 345 g/mol. The van der Waals surface area contributed by atoms with Crippen LogP contribution in [0.2, 0.25) is 0 Å². The Bertz CT molecular complexity index is 937. The van der Waals surface area contributed by atoms with Gasteiger partial charge >= 0.3 is 5.69 Å². The molecule has 0 bridgehead atoms. The largest absolute Gasteiger partial charge is 0.334 e. The summed E-state index contributed by atoms with van der Waals surface area (Å²) in [5.74, 6) is -0.120. The Morgan fingerprint density at radius 3 is 2.64 bits per heavy atom. The van der Waals surface area contributed by atoms with Crippen molar-refractivity contribution in [2.24, 2.45) is 14.1 Å². The molecule has 3 heterocycles. The molecule has 0 unspecified atom stereocenters. The molecule has 8 nitrogen and oxygen atoms in total. The van der Waals surface area contributed by atoms with Gasteiger partial charge in [0.05, 0.1) is 11.7 Å². The first-order valence-electron chi connectivity index (χ1n) is 8.37. The Morgan fingerprint density at radius 1 is 1.28 bits per heavy atom. The Morgan fingerprint density at radius 2 is 2.00 bits per heavy atom. The summed E-state index contributed by atoms with van der Waals surface area (Å²) in [4.78, 5) is 38.3. The Kier molecular flexibility index (Phi) is 4.36. The third-order valence-electron chi connectivity index (χ3n) is 5.04. The summed E-state index contributed by atoms with van der Waals surface area (Å²) < 4.78 is 4.12. The van der Waals surface area contributed by atoms with Crippen molar-refractivity contribution in [2.75, 3.05) is 6.54 Å². The van der Waals surface area contributed by atoms with E-state index in [1.807, 2.05) is 30.5 Å². The van der Waals surface area contributed by atoms with Crippen molar-refractivity contribution < 1.29 is 4.79 Å². The van der Waals surface area contributed by atoms with Gasteiger partial charge in [-0.05, 0) is 26.7 Å². The molecule has 3 rings (SSSR count). The molecular weight excluding hydrogens is 322 g/mol. The Labute approximate surface area is 145 Å². The third kappa shape index (κ3) is 2.92. The van der Waals surface area contributed by atoms with Crippen LogP contribution in [0.5, 0.6) is 0 Å². The first-order valence-corrected chi connectivity index (χ1v) is 8.37. The first-order chi connectivity index (χ1) is 11.8. The van der Waals surface area contributed by atoms with E-state index >= 15 is 0 Å². The van der Waals surface area contributed by atoms with Crippen LogP contribution in [0.1, 0.15) is 35.8 Å². The van der Waals surface area contributed by atoms with Crippen LogP contribution < -0.4 is 11.2 Å². The van der Waals surface area contributed by atoms with E-state index in [2.05, 4.69) is 5.10 Å². The number of rotatable bonds is 3. The topological polar surface area (TPSA) is 82.1 Å². The molecule has 25 heavy (non-hydrogen) atoms. The molecule has 2 aromatic heterocycles. The number of hydrogen-bond acceptors (Lipinski definition) is 4. The average Bonchev–Trinajstić information content (AvgIpc) is 3.13. The third-order valence-corrected chi connectivity index (χ3v) is 5.04. The van der Waals surface area contributed by atoms with Crippen LogP contribution in [0.15, 0.2) is 21.9 Å². The van der Waals surface area contributed by atoms with Gasteiger partial charge in [0, 0.05) is 44.2 Å². The van der Waals surface area contributed by atoms with Gasteiger partial charge < -0.3 is 4.90 Å². The molecule has 1 aliphatic rings. The molecule has 0 aliphatic carbocycles. The van der Waals surface area contributed by atoms with Gasteiger partial charge in [-0.25, -0.2) is 4.79 Å². The highest BCUT2D eigenvalue weighted by atomic mass is 16.2. The zero-order valence-electron chi connectivity index (χ0n) is 15.0. The lowest BCUT2D eigenvalue weighted by Crippen LogP contribution is -2.41. The van der Waals surface area contributed by atoms with E-state index in [1.54, 1.807) is 0 Å². The summed E-state index contributed by atoms with van der Waals surface area (Å²) in [5, 5.41) is 4.45. The SMILES string of the molecule is Cc1nn(C)c(C)c1[C@@H]1CCCN1C(=O)Cn1ccc(=O)n(C)c1=O. The fraction of sp³-hybridized carbons (Fsp3) is 0.529. The first kappa shape index (κ1) is 17.2. The summed E-state index contributed by atoms with van der Waals surface area (Å²) in [6, 6.07) is 1.29. The van der Waals surface area contributed by atoms with Gasteiger partial charge in [0.25, 0.3) is 5.56 Å². The monoisotopic (exact) mass is 345 g/mol. The molecule has 1 atom stereocenters. The second-order valence-corrected chi connectivity index (χ2v) is 6.58. The summed E-state index contributed by atoms with van der Waals surface area (Å²) in [6.45, 7) is 4.56. The van der Waals surface area contributed by atoms with E-state index in [-0.39, 0.29) is 24.1 Å². The van der Waals surface area contributed by atoms with E-state index in [0.29, 0.717) is 6.54 Å². The highest BCUT2D eigenvalue weighted by Crippen LogP contribution is 2.35. The molecule has 134 valence electrons. The number of carbonyl (C=O) groups is 1. The quantitative estimate of drug-likeness (QED) is 0.799. The lowest BCUT2D eigenvalue weighted by atomic mass is 10.0. The Hall–Kier alpha value is -2.64. The fourth-order valence-corrected chi connectivity index (χ4v) is 3.61. The highest BCUT2D eigenvalue weighted by Gasteiger charge is 2.33. The van der Waals surface area contributed by atoms with Gasteiger partial charge in [-0.2, -0.15) is 5.10 Å². The second-order valence-electron chi connectivity index (χ2n) is 6.58. The number of hydrogen-bond donors (Lipinski definition) is 0. The molecule has 1 fully saturated rings. The lowest BCUT2D eigenvalue weighted by Gasteiger charge is -2.25. The molecule has 1 amide bonds. The minimum atomic E-state index is -0.481. The predicted octanol–water partition coefficient (Wildman–Crippen LogP) is 0.261. The normalized spacial score (nSPS) is 17.3. The second kappa shape index (κ2) is 6.34. The van der Waals surface area contributed by atoms with Crippen LogP contribution in [0, 0.1) is 13.8 Å². The van der Waals surface area contributed by atoms with E-state index < -0.39 is 5.69 Å². The molecule has 0 spiro atoms. The van der Waals surface area contributed by atoms with Gasteiger partial charge in [0.2, 0.25) is 5.91 Å². The number of aromatic nitrogens is 4. The van der Waals surface area contributed by atoms with Crippen molar-refractivity contribution in [2.45, 2.75) is 39.3 Å². The van der Waals surface area contributed by atoms with Gasteiger partial charge in [0.15, 0.2) is 0 Å². The number of likely N-dealkylation sites (tertiary alicyclic amines) is 1. The molecule has 0 radical (unpaired) electrons. The van der Waals surface area contributed by atoms with Crippen molar-refractivity contribution in [3.8, 4) is 0 Å². The van der Waals surface area contributed by atoms with Crippen LogP contribution in [0.4, 0.5) is 0 Å². The van der Waals surface area contributed by atoms with Crippen LogP contribution in [0.3, 0.4) is 0 Å². The van der Waals surface area contributed by atoms with E-state index in [9.17, 15) is 14.4 Å². The van der Waals surface area contributed by atoms with Gasteiger partial charge in [-0.3, -0.25) is 23.4 Å². The minimum absolute atomic E-state index is 0.00978. The molecular formula is C17H23N5O3. The maximum Gasteiger partial charge on any atom is 0.331 e. The van der Waals surface area contributed by atoms with Gasteiger partial charge in [-0.15, -0.1) is 0 Å². The van der Waals surface area contributed by atoms with Crippen LogP contribution in [-0.4, -0.2) is 36.3 Å². The number of nitrogens with zero attached hydrogens (tertiary/aromatic N) is 5. The predicted molar refractivity (Wildman–Crippen MR) is 92.3 cm³/mol. The number of aryl methyl sites for hydroxylation is 2. The fourth-order valence-electron chi connectivity index (χ4n) is 3.61. The molecule has 2 aromatic rings. The number of carbonyl (C=O) groups excluding carboxylic acids is 1. The van der Waals surface area contributed by atoms with E-state index in [0.717, 1.165) is 34.4 Å². The highest BCUT2D eigenvalue weighted by molar-refractivity contribution is 5.77. The van der Waals surface area contributed by atoms with Crippen molar-refractivity contribution in [1.29, 1.82) is 0 Å². The molecule has 0 aromatic carbocycles. The van der Waals surface area contributed by atoms with Crippen molar-refractivity contribution in [1.82, 2.24) is 23.8 Å². The summed E-state index contributed by atoms with van der Waals surface area (Å²) in [5.41, 5.74) is 2.23. The minimum Gasteiger partial charge on any atom is -0.334 e. The van der Waals surface area contributed by atoms with Crippen molar-refractivity contribution >= 4 is 5.91 Å². The zero-order chi connectivity index (χ0) is 18.3. The summed E-state index contributed by atoms with van der Waals surface area (Å²) >= 11 is 0. The smallest absolute Gasteiger partial charge is 0.331 e. The molecule has 0 saturated carbocycles. The maximum atomic E-state index is 12.8. The zero-order valence-corrected chi connectivity index (χ0v) is 15.0. The molecule has 8 heteroatoms. The van der Waals surface area contributed by atoms with E-state index in [4.69, 9.17) is 0 Å². The molecule has 0 N–H and O–H groups in total. The molecule has 1 saturated heterocycles. The van der Waals surface area contributed by atoms with Crippen LogP contribution in [-0.2, 0) is 25.4 Å². The number of amides is 1. The van der Waals surface area contributed by atoms with Crippen LogP contribution in [0.25, 0.3) is 0 Å². The van der Waals surface area contributed by atoms with Gasteiger partial charge in [0.1, 0.15) is 6.54 Å². The molecule has 1 aliphatic heterocycles. The summed E-state index contributed by atoms with van der Waals surface area (Å²) in [6.07, 6.45) is 3.20. The van der Waals surface area contributed by atoms with Gasteiger partial charge in [-0.1, -0.05) is 0 Å². The maximum absolute atomic E-state index is 12.8. The lowest BCUT2D eigenvalue weighted by molar-refractivity contribution is -0.132. The van der Waals surface area contributed by atoms with Crippen molar-refractivity contribution in [3.05, 3.63) is 50.1 Å². The Balaban J connectivity index is 1.88.